The summed E-state index contributed by atoms with van der Waals surface area (Å²) in [7, 11) is 0. The number of nitrogens with zero attached hydrogens (tertiary/aromatic N) is 3. The minimum Gasteiger partial charge on any atom is -0.207 e. The molecule has 0 amide bonds. The second-order valence-electron chi connectivity index (χ2n) is 2.81. The van der Waals surface area contributed by atoms with Gasteiger partial charge in [-0.1, -0.05) is 28.9 Å². The van der Waals surface area contributed by atoms with Crippen LogP contribution in [0.2, 0.25) is 5.02 Å². The van der Waals surface area contributed by atoms with E-state index in [-0.39, 0.29) is 5.82 Å². The second kappa shape index (κ2) is 6.06. The molecule has 0 aromatic heterocycles. The van der Waals surface area contributed by atoms with Gasteiger partial charge in [0, 0.05) is 16.5 Å². The molecule has 1 aromatic rings. The van der Waals surface area contributed by atoms with E-state index in [1.165, 1.54) is 18.2 Å². The zero-order valence-electron chi connectivity index (χ0n) is 7.90. The van der Waals surface area contributed by atoms with E-state index in [2.05, 4.69) is 10.0 Å². The monoisotopic (exact) mass is 225 g/mol. The Morgan fingerprint density at radius 2 is 2.33 bits per heavy atom. The first-order valence-electron chi connectivity index (χ1n) is 4.36. The molecule has 0 N–H and O–H groups in total. The highest BCUT2D eigenvalue weighted by molar-refractivity contribution is 6.32. The van der Waals surface area contributed by atoms with E-state index in [0.717, 1.165) is 0 Å². The van der Waals surface area contributed by atoms with Gasteiger partial charge in [-0.2, -0.15) is 0 Å². The predicted molar refractivity (Wildman–Crippen MR) is 59.1 cm³/mol. The molecule has 0 fully saturated rings. The van der Waals surface area contributed by atoms with Crippen LogP contribution in [0.25, 0.3) is 16.5 Å². The fourth-order valence-electron chi connectivity index (χ4n) is 1.03. The Morgan fingerprint density at radius 3 is 3.07 bits per heavy atom. The zero-order valence-corrected chi connectivity index (χ0v) is 8.65. The summed E-state index contributed by atoms with van der Waals surface area (Å²) in [5.41, 5.74) is 8.65. The van der Waals surface area contributed by atoms with E-state index >= 15 is 0 Å². The average Bonchev–Trinajstić information content (AvgIpc) is 2.23. The molecular weight excluding hydrogens is 217 g/mol. The molecule has 0 aliphatic heterocycles. The molecule has 5 heteroatoms. The molecule has 0 aliphatic rings. The van der Waals surface area contributed by atoms with Gasteiger partial charge in [0.1, 0.15) is 5.82 Å². The van der Waals surface area contributed by atoms with Crippen molar-refractivity contribution in [3.63, 3.8) is 0 Å². The van der Waals surface area contributed by atoms with Crippen LogP contribution < -0.4 is 0 Å². The van der Waals surface area contributed by atoms with E-state index in [0.29, 0.717) is 23.6 Å². The summed E-state index contributed by atoms with van der Waals surface area (Å²) in [6.07, 6.45) is 4.10. The predicted octanol–water partition coefficient (Wildman–Crippen LogP) is 4.19. The minimum absolute atomic E-state index is 0.325. The Bertz CT molecular complexity index is 411. The molecule has 0 saturated carbocycles. The van der Waals surface area contributed by atoms with Gasteiger partial charge < -0.3 is 0 Å². The number of rotatable bonds is 4. The summed E-state index contributed by atoms with van der Waals surface area (Å²) in [5.74, 6) is -0.325. The largest absolute Gasteiger partial charge is 0.207 e. The third-order valence-corrected chi connectivity index (χ3v) is 2.06. The quantitative estimate of drug-likeness (QED) is 0.319. The Morgan fingerprint density at radius 1 is 1.53 bits per heavy atom. The van der Waals surface area contributed by atoms with Crippen LogP contribution in [0.1, 0.15) is 12.0 Å². The van der Waals surface area contributed by atoms with Crippen LogP contribution in [-0.2, 0) is 0 Å². The molecule has 1 aromatic carbocycles. The fourth-order valence-corrected chi connectivity index (χ4v) is 1.21. The van der Waals surface area contributed by atoms with Crippen molar-refractivity contribution >= 4 is 17.7 Å². The standard InChI is InChI=1S/C10H9ClFN3/c11-10-5-4-9(12)7-8(10)3-1-2-6-14-15-13/h1,3-5,7H,2,6H2. The van der Waals surface area contributed by atoms with Gasteiger partial charge in [0.25, 0.3) is 0 Å². The molecule has 78 valence electrons. The molecule has 3 nitrogen and oxygen atoms in total. The molecule has 0 atom stereocenters. The highest BCUT2D eigenvalue weighted by Crippen LogP contribution is 2.18. The third-order valence-electron chi connectivity index (χ3n) is 1.71. The zero-order chi connectivity index (χ0) is 11.1. The van der Waals surface area contributed by atoms with Gasteiger partial charge in [-0.25, -0.2) is 4.39 Å². The second-order valence-corrected chi connectivity index (χ2v) is 3.22. The lowest BCUT2D eigenvalue weighted by Gasteiger charge is -1.97. The lowest BCUT2D eigenvalue weighted by atomic mass is 10.2. The maximum atomic E-state index is 12.8. The third kappa shape index (κ3) is 4.02. The average molecular weight is 226 g/mol. The van der Waals surface area contributed by atoms with E-state index < -0.39 is 0 Å². The number of hydrogen-bond acceptors (Lipinski definition) is 1. The van der Waals surface area contributed by atoms with Gasteiger partial charge in [0.05, 0.1) is 0 Å². The van der Waals surface area contributed by atoms with Crippen molar-refractivity contribution in [3.8, 4) is 0 Å². The van der Waals surface area contributed by atoms with Crippen LogP contribution in [0.3, 0.4) is 0 Å². The van der Waals surface area contributed by atoms with E-state index in [4.69, 9.17) is 17.1 Å². The Kier molecular flexibility index (Phi) is 4.68. The summed E-state index contributed by atoms with van der Waals surface area (Å²) in [4.78, 5) is 2.62. The van der Waals surface area contributed by atoms with E-state index in [9.17, 15) is 4.39 Å². The van der Waals surface area contributed by atoms with Crippen molar-refractivity contribution in [2.45, 2.75) is 6.42 Å². The molecule has 1 rings (SSSR count). The summed E-state index contributed by atoms with van der Waals surface area (Å²) in [6.45, 7) is 0.389. The number of benzene rings is 1. The fraction of sp³-hybridized carbons (Fsp3) is 0.200. The first-order chi connectivity index (χ1) is 7.24. The summed E-state index contributed by atoms with van der Waals surface area (Å²) >= 11 is 5.84. The Hall–Kier alpha value is -1.51. The van der Waals surface area contributed by atoms with Gasteiger partial charge in [-0.3, -0.25) is 0 Å². The number of azide groups is 1. The maximum absolute atomic E-state index is 12.8. The molecular formula is C10H9ClFN3. The van der Waals surface area contributed by atoms with Crippen LogP contribution >= 0.6 is 11.6 Å². The minimum atomic E-state index is -0.325. The summed E-state index contributed by atoms with van der Waals surface area (Å²) in [5, 5.41) is 3.86. The molecule has 0 saturated heterocycles. The van der Waals surface area contributed by atoms with E-state index in [1.54, 1.807) is 12.2 Å². The molecule has 0 radical (unpaired) electrons. The molecule has 0 spiro atoms. The Labute approximate surface area is 91.8 Å². The molecule has 0 unspecified atom stereocenters. The first-order valence-corrected chi connectivity index (χ1v) is 4.74. The van der Waals surface area contributed by atoms with Crippen molar-refractivity contribution in [2.24, 2.45) is 5.11 Å². The topological polar surface area (TPSA) is 48.8 Å². The SMILES string of the molecule is [N-]=[N+]=NCCC=Cc1cc(F)ccc1Cl. The van der Waals surface area contributed by atoms with Gasteiger partial charge in [0.2, 0.25) is 0 Å². The van der Waals surface area contributed by atoms with Gasteiger partial charge in [-0.15, -0.1) is 0 Å². The van der Waals surface area contributed by atoms with Crippen LogP contribution in [-0.4, -0.2) is 6.54 Å². The maximum Gasteiger partial charge on any atom is 0.123 e. The molecule has 0 bridgehead atoms. The number of halogens is 2. The first kappa shape index (κ1) is 11.6. The van der Waals surface area contributed by atoms with Crippen LogP contribution in [0, 0.1) is 5.82 Å². The van der Waals surface area contributed by atoms with Crippen molar-refractivity contribution in [1.29, 1.82) is 0 Å². The van der Waals surface area contributed by atoms with Crippen molar-refractivity contribution in [1.82, 2.24) is 0 Å². The van der Waals surface area contributed by atoms with Gasteiger partial charge in [0.15, 0.2) is 0 Å². The van der Waals surface area contributed by atoms with Crippen molar-refractivity contribution in [3.05, 3.63) is 51.1 Å². The summed E-state index contributed by atoms with van der Waals surface area (Å²) < 4.78 is 12.8. The lowest BCUT2D eigenvalue weighted by Crippen LogP contribution is -1.79. The Balaban J connectivity index is 2.63. The van der Waals surface area contributed by atoms with Crippen molar-refractivity contribution < 1.29 is 4.39 Å². The van der Waals surface area contributed by atoms with Crippen LogP contribution in [0.4, 0.5) is 4.39 Å². The summed E-state index contributed by atoms with van der Waals surface area (Å²) in [6, 6.07) is 4.16. The highest BCUT2D eigenvalue weighted by atomic mass is 35.5. The van der Waals surface area contributed by atoms with E-state index in [1.807, 2.05) is 0 Å². The van der Waals surface area contributed by atoms with Crippen molar-refractivity contribution in [2.75, 3.05) is 6.54 Å². The lowest BCUT2D eigenvalue weighted by molar-refractivity contribution is 0.627. The highest BCUT2D eigenvalue weighted by Gasteiger charge is 1.97. The number of hydrogen-bond donors (Lipinski definition) is 0. The molecule has 15 heavy (non-hydrogen) atoms. The van der Waals surface area contributed by atoms with Gasteiger partial charge in [-0.05, 0) is 35.7 Å². The molecule has 0 heterocycles. The van der Waals surface area contributed by atoms with Crippen LogP contribution in [0.5, 0.6) is 0 Å². The normalized spacial score (nSPS) is 10.3. The van der Waals surface area contributed by atoms with Crippen LogP contribution in [0.15, 0.2) is 29.4 Å². The smallest absolute Gasteiger partial charge is 0.123 e. The van der Waals surface area contributed by atoms with Gasteiger partial charge >= 0.3 is 0 Å². The molecule has 0 aliphatic carbocycles.